The average molecular weight is 288 g/mol. The van der Waals surface area contributed by atoms with Crippen molar-refractivity contribution in [1.29, 1.82) is 0 Å². The molecule has 0 saturated heterocycles. The fourth-order valence-electron chi connectivity index (χ4n) is 1.48. The lowest BCUT2D eigenvalue weighted by Gasteiger charge is -2.18. The minimum Gasteiger partial charge on any atom is -0.383 e. The van der Waals surface area contributed by atoms with E-state index in [-0.39, 0.29) is 6.04 Å². The van der Waals surface area contributed by atoms with Crippen molar-refractivity contribution in [1.82, 2.24) is 4.98 Å². The van der Waals surface area contributed by atoms with Crippen LogP contribution in [0.2, 0.25) is 0 Å². The average Bonchev–Trinajstić information content (AvgIpc) is 2.23. The van der Waals surface area contributed by atoms with Gasteiger partial charge in [0.25, 0.3) is 0 Å². The number of hydrogen-bond acceptors (Lipinski definition) is 4. The molecule has 90 valence electrons. The van der Waals surface area contributed by atoms with E-state index in [1.807, 2.05) is 13.0 Å². The molecule has 1 aromatic rings. The topological polar surface area (TPSA) is 60.2 Å². The van der Waals surface area contributed by atoms with E-state index in [9.17, 15) is 0 Å². The van der Waals surface area contributed by atoms with Crippen LogP contribution in [-0.2, 0) is 4.74 Å². The van der Waals surface area contributed by atoms with Crippen molar-refractivity contribution in [3.63, 3.8) is 0 Å². The maximum absolute atomic E-state index is 5.55. The zero-order valence-electron chi connectivity index (χ0n) is 9.66. The van der Waals surface area contributed by atoms with Crippen molar-refractivity contribution in [3.05, 3.63) is 22.3 Å². The number of halogens is 1. The Hall–Kier alpha value is -0.650. The third-order valence-corrected chi connectivity index (χ3v) is 2.70. The first-order valence-corrected chi connectivity index (χ1v) is 6.04. The van der Waals surface area contributed by atoms with Crippen molar-refractivity contribution in [2.24, 2.45) is 5.73 Å². The summed E-state index contributed by atoms with van der Waals surface area (Å²) in [7, 11) is 1.69. The summed E-state index contributed by atoms with van der Waals surface area (Å²) in [6.07, 6.45) is 2.65. The van der Waals surface area contributed by atoms with E-state index in [2.05, 4.69) is 26.2 Å². The summed E-state index contributed by atoms with van der Waals surface area (Å²) < 4.78 is 6.12. The van der Waals surface area contributed by atoms with Crippen LogP contribution in [0.1, 0.15) is 12.0 Å². The van der Waals surface area contributed by atoms with Crippen molar-refractivity contribution in [2.45, 2.75) is 19.4 Å². The maximum Gasteiger partial charge on any atom is 0.129 e. The van der Waals surface area contributed by atoms with E-state index < -0.39 is 0 Å². The number of ether oxygens (including phenoxy) is 1. The lowest BCUT2D eigenvalue weighted by Crippen LogP contribution is -2.28. The molecule has 0 aliphatic carbocycles. The zero-order valence-corrected chi connectivity index (χ0v) is 11.3. The lowest BCUT2D eigenvalue weighted by atomic mass is 10.2. The second kappa shape index (κ2) is 6.83. The first-order chi connectivity index (χ1) is 7.67. The molecule has 0 aliphatic rings. The molecule has 1 atom stereocenters. The number of hydrogen-bond donors (Lipinski definition) is 2. The van der Waals surface area contributed by atoms with Gasteiger partial charge in [0.2, 0.25) is 0 Å². The summed E-state index contributed by atoms with van der Waals surface area (Å²) in [4.78, 5) is 4.33. The van der Waals surface area contributed by atoms with Crippen molar-refractivity contribution < 1.29 is 4.74 Å². The van der Waals surface area contributed by atoms with E-state index in [0.29, 0.717) is 13.2 Å². The number of nitrogens with zero attached hydrogens (tertiary/aromatic N) is 1. The van der Waals surface area contributed by atoms with Crippen LogP contribution in [0.25, 0.3) is 0 Å². The predicted octanol–water partition coefficient (Wildman–Crippen LogP) is 1.93. The molecule has 0 aromatic carbocycles. The molecular formula is C11H18BrN3O. The Labute approximate surface area is 105 Å². The first-order valence-electron chi connectivity index (χ1n) is 5.25. The molecule has 1 unspecified atom stereocenters. The molecule has 0 fully saturated rings. The smallest absolute Gasteiger partial charge is 0.129 e. The summed E-state index contributed by atoms with van der Waals surface area (Å²) in [6, 6.07) is 2.24. The van der Waals surface area contributed by atoms with Gasteiger partial charge in [0.05, 0.1) is 12.6 Å². The van der Waals surface area contributed by atoms with Gasteiger partial charge in [-0.2, -0.15) is 0 Å². The fraction of sp³-hybridized carbons (Fsp3) is 0.545. The Bertz CT molecular complexity index is 327. The van der Waals surface area contributed by atoms with Crippen LogP contribution in [0.15, 0.2) is 16.7 Å². The third kappa shape index (κ3) is 4.08. The van der Waals surface area contributed by atoms with Gasteiger partial charge < -0.3 is 15.8 Å². The van der Waals surface area contributed by atoms with Gasteiger partial charge in [-0.05, 0) is 47.4 Å². The number of aromatic nitrogens is 1. The third-order valence-electron chi connectivity index (χ3n) is 2.27. The number of nitrogens with two attached hydrogens (primary N) is 1. The van der Waals surface area contributed by atoms with Crippen molar-refractivity contribution >= 4 is 21.7 Å². The molecule has 1 heterocycles. The van der Waals surface area contributed by atoms with Gasteiger partial charge >= 0.3 is 0 Å². The molecule has 1 aromatic heterocycles. The Morgan fingerprint density at radius 2 is 2.38 bits per heavy atom. The molecule has 1 rings (SSSR count). The van der Waals surface area contributed by atoms with Gasteiger partial charge in [-0.1, -0.05) is 0 Å². The summed E-state index contributed by atoms with van der Waals surface area (Å²) in [6.45, 7) is 3.29. The van der Waals surface area contributed by atoms with E-state index in [0.717, 1.165) is 22.3 Å². The minimum absolute atomic E-state index is 0.211. The van der Waals surface area contributed by atoms with E-state index >= 15 is 0 Å². The number of aryl methyl sites for hydroxylation is 1. The monoisotopic (exact) mass is 287 g/mol. The highest BCUT2D eigenvalue weighted by Crippen LogP contribution is 2.17. The molecule has 0 radical (unpaired) electrons. The Morgan fingerprint density at radius 3 is 2.94 bits per heavy atom. The Morgan fingerprint density at radius 1 is 1.62 bits per heavy atom. The first kappa shape index (κ1) is 13.4. The second-order valence-electron chi connectivity index (χ2n) is 3.69. The zero-order chi connectivity index (χ0) is 12.0. The maximum atomic E-state index is 5.55. The standard InChI is InChI=1S/C11H18BrN3O/c1-8-5-9(12)6-14-11(8)15-10(3-4-13)7-16-2/h5-6,10H,3-4,7,13H2,1-2H3,(H,14,15). The summed E-state index contributed by atoms with van der Waals surface area (Å²) in [5.74, 6) is 0.888. The molecule has 4 nitrogen and oxygen atoms in total. The molecule has 0 spiro atoms. The van der Waals surface area contributed by atoms with E-state index in [1.54, 1.807) is 13.3 Å². The number of methoxy groups -OCH3 is 1. The highest BCUT2D eigenvalue weighted by Gasteiger charge is 2.09. The molecular weight excluding hydrogens is 270 g/mol. The van der Waals surface area contributed by atoms with Gasteiger partial charge in [0.1, 0.15) is 5.82 Å². The van der Waals surface area contributed by atoms with Gasteiger partial charge in [0, 0.05) is 17.8 Å². The summed E-state index contributed by atoms with van der Waals surface area (Å²) in [5, 5.41) is 3.34. The van der Waals surface area contributed by atoms with Crippen molar-refractivity contribution in [3.8, 4) is 0 Å². The molecule has 0 amide bonds. The number of rotatable bonds is 6. The van der Waals surface area contributed by atoms with Crippen LogP contribution in [0.3, 0.4) is 0 Å². The van der Waals surface area contributed by atoms with Crippen LogP contribution >= 0.6 is 15.9 Å². The van der Waals surface area contributed by atoms with Crippen LogP contribution in [0.5, 0.6) is 0 Å². The van der Waals surface area contributed by atoms with Gasteiger partial charge in [-0.25, -0.2) is 4.98 Å². The Kier molecular flexibility index (Phi) is 5.73. The summed E-state index contributed by atoms with van der Waals surface area (Å²) in [5.41, 5.74) is 6.66. The molecule has 5 heteroatoms. The van der Waals surface area contributed by atoms with Crippen LogP contribution < -0.4 is 11.1 Å². The summed E-state index contributed by atoms with van der Waals surface area (Å²) >= 11 is 3.39. The SMILES string of the molecule is COCC(CCN)Nc1ncc(Br)cc1C. The molecule has 0 saturated carbocycles. The highest BCUT2D eigenvalue weighted by atomic mass is 79.9. The second-order valence-corrected chi connectivity index (χ2v) is 4.61. The fourth-order valence-corrected chi connectivity index (χ4v) is 1.93. The molecule has 0 aliphatic heterocycles. The van der Waals surface area contributed by atoms with Gasteiger partial charge in [0.15, 0.2) is 0 Å². The number of anilines is 1. The number of nitrogens with one attached hydrogen (secondary N) is 1. The van der Waals surface area contributed by atoms with Gasteiger partial charge in [-0.3, -0.25) is 0 Å². The minimum atomic E-state index is 0.211. The quantitative estimate of drug-likeness (QED) is 0.839. The predicted molar refractivity (Wildman–Crippen MR) is 69.6 cm³/mol. The molecule has 3 N–H and O–H groups in total. The van der Waals surface area contributed by atoms with Crippen molar-refractivity contribution in [2.75, 3.05) is 25.6 Å². The van der Waals surface area contributed by atoms with Crippen LogP contribution in [-0.4, -0.2) is 31.3 Å². The van der Waals surface area contributed by atoms with E-state index in [1.165, 1.54) is 0 Å². The number of pyridine rings is 1. The van der Waals surface area contributed by atoms with Gasteiger partial charge in [-0.15, -0.1) is 0 Å². The molecule has 0 bridgehead atoms. The van der Waals surface area contributed by atoms with E-state index in [4.69, 9.17) is 10.5 Å². The Balaban J connectivity index is 2.68. The molecule has 16 heavy (non-hydrogen) atoms. The lowest BCUT2D eigenvalue weighted by molar-refractivity contribution is 0.183. The normalized spacial score (nSPS) is 12.5. The highest BCUT2D eigenvalue weighted by molar-refractivity contribution is 9.10. The largest absolute Gasteiger partial charge is 0.383 e. The van der Waals surface area contributed by atoms with Crippen LogP contribution in [0, 0.1) is 6.92 Å². The van der Waals surface area contributed by atoms with Crippen LogP contribution in [0.4, 0.5) is 5.82 Å².